The number of nitrogens with zero attached hydrogens (tertiary/aromatic N) is 2. The van der Waals surface area contributed by atoms with E-state index < -0.39 is 16.1 Å². The van der Waals surface area contributed by atoms with Gasteiger partial charge in [0.1, 0.15) is 11.9 Å². The van der Waals surface area contributed by atoms with E-state index in [2.05, 4.69) is 15.3 Å². The molecule has 4 rings (SSSR count). The third-order valence-electron chi connectivity index (χ3n) is 4.44. The Kier molecular flexibility index (Phi) is 4.29. The number of aromatic amines is 1. The van der Waals surface area contributed by atoms with Crippen LogP contribution in [0.25, 0.3) is 21.7 Å². The number of rotatable bonds is 4. The number of hydrogen-bond acceptors (Lipinski definition) is 5. The number of benzene rings is 1. The fraction of sp³-hybridized carbons (Fsp3) is 0.294. The number of H-pyrrole nitrogens is 1. The van der Waals surface area contributed by atoms with E-state index in [1.54, 1.807) is 17.4 Å². The van der Waals surface area contributed by atoms with Crippen molar-refractivity contribution in [3.63, 3.8) is 0 Å². The first-order valence-electron chi connectivity index (χ1n) is 8.23. The number of imidazole rings is 1. The third kappa shape index (κ3) is 3.25. The topological polar surface area (TPSA) is 95.2 Å². The van der Waals surface area contributed by atoms with Crippen molar-refractivity contribution in [2.24, 2.45) is 0 Å². The van der Waals surface area contributed by atoms with Gasteiger partial charge in [0.05, 0.1) is 22.2 Å². The van der Waals surface area contributed by atoms with E-state index in [0.29, 0.717) is 25.1 Å². The van der Waals surface area contributed by atoms with Gasteiger partial charge >= 0.3 is 0 Å². The summed E-state index contributed by atoms with van der Waals surface area (Å²) in [5.41, 5.74) is 2.24. The van der Waals surface area contributed by atoms with Gasteiger partial charge in [0.25, 0.3) is 0 Å². The molecule has 0 radical (unpaired) electrons. The summed E-state index contributed by atoms with van der Waals surface area (Å²) in [7, 11) is -3.39. The monoisotopic (exact) mass is 390 g/mol. The summed E-state index contributed by atoms with van der Waals surface area (Å²) in [6.45, 7) is 0.390. The van der Waals surface area contributed by atoms with E-state index in [-0.39, 0.29) is 5.91 Å². The van der Waals surface area contributed by atoms with Crippen LogP contribution in [-0.2, 0) is 14.8 Å². The van der Waals surface area contributed by atoms with Gasteiger partial charge < -0.3 is 10.3 Å². The number of carbonyl (C=O) groups excluding carboxylic acids is 1. The van der Waals surface area contributed by atoms with Crippen molar-refractivity contribution < 1.29 is 13.2 Å². The fourth-order valence-electron chi connectivity index (χ4n) is 3.24. The highest BCUT2D eigenvalue weighted by Crippen LogP contribution is 2.27. The molecule has 26 heavy (non-hydrogen) atoms. The molecule has 3 heterocycles. The van der Waals surface area contributed by atoms with Gasteiger partial charge in [-0.05, 0) is 42.5 Å². The van der Waals surface area contributed by atoms with Crippen molar-refractivity contribution in [3.8, 4) is 10.7 Å². The zero-order chi connectivity index (χ0) is 18.3. The molecule has 2 N–H and O–H groups in total. The number of sulfonamides is 1. The maximum absolute atomic E-state index is 12.6. The molecule has 136 valence electrons. The van der Waals surface area contributed by atoms with Crippen molar-refractivity contribution in [2.45, 2.75) is 18.9 Å². The molecule has 1 unspecified atom stereocenters. The molecule has 1 fully saturated rings. The van der Waals surface area contributed by atoms with E-state index in [4.69, 9.17) is 0 Å². The maximum Gasteiger partial charge on any atom is 0.242 e. The molecule has 7 nitrogen and oxygen atoms in total. The van der Waals surface area contributed by atoms with Crippen LogP contribution in [0.4, 0.5) is 5.69 Å². The Morgan fingerprint density at radius 1 is 1.38 bits per heavy atom. The molecule has 1 aromatic carbocycles. The molecule has 1 saturated heterocycles. The molecule has 0 aliphatic carbocycles. The van der Waals surface area contributed by atoms with Crippen molar-refractivity contribution >= 4 is 44.0 Å². The molecule has 1 atom stereocenters. The lowest BCUT2D eigenvalue weighted by Gasteiger charge is -2.21. The molecule has 2 aromatic heterocycles. The van der Waals surface area contributed by atoms with Gasteiger partial charge in [-0.15, -0.1) is 11.3 Å². The number of carbonyl (C=O) groups is 1. The SMILES string of the molecule is CS(=O)(=O)N1CCCC1C(=O)Nc1ccc2nc(-c3cccs3)[nH]c2c1. The Balaban J connectivity index is 1.56. The van der Waals surface area contributed by atoms with Crippen LogP contribution in [0.2, 0.25) is 0 Å². The van der Waals surface area contributed by atoms with Crippen LogP contribution >= 0.6 is 11.3 Å². The van der Waals surface area contributed by atoms with E-state index in [9.17, 15) is 13.2 Å². The lowest BCUT2D eigenvalue weighted by molar-refractivity contribution is -0.119. The minimum Gasteiger partial charge on any atom is -0.337 e. The second kappa shape index (κ2) is 6.49. The van der Waals surface area contributed by atoms with Gasteiger partial charge in [0.15, 0.2) is 0 Å². The third-order valence-corrected chi connectivity index (χ3v) is 6.60. The Labute approximate surface area is 155 Å². The van der Waals surface area contributed by atoms with E-state index in [0.717, 1.165) is 28.0 Å². The zero-order valence-corrected chi connectivity index (χ0v) is 15.7. The number of amides is 1. The van der Waals surface area contributed by atoms with Gasteiger partial charge in [0.2, 0.25) is 15.9 Å². The van der Waals surface area contributed by atoms with Crippen molar-refractivity contribution in [2.75, 3.05) is 18.1 Å². The molecule has 9 heteroatoms. The molecule has 0 spiro atoms. The summed E-state index contributed by atoms with van der Waals surface area (Å²) in [6, 6.07) is 8.74. The predicted octanol–water partition coefficient (Wildman–Crippen LogP) is 2.65. The zero-order valence-electron chi connectivity index (χ0n) is 14.1. The minimum atomic E-state index is -3.39. The molecule has 3 aromatic rings. The minimum absolute atomic E-state index is 0.301. The van der Waals surface area contributed by atoms with Crippen molar-refractivity contribution in [1.82, 2.24) is 14.3 Å². The summed E-state index contributed by atoms with van der Waals surface area (Å²) >= 11 is 1.60. The first-order chi connectivity index (χ1) is 12.4. The predicted molar refractivity (Wildman–Crippen MR) is 103 cm³/mol. The molecular weight excluding hydrogens is 372 g/mol. The van der Waals surface area contributed by atoms with E-state index in [1.807, 2.05) is 29.6 Å². The molecule has 1 aliphatic heterocycles. The number of nitrogens with one attached hydrogen (secondary N) is 2. The maximum atomic E-state index is 12.6. The van der Waals surface area contributed by atoms with Crippen molar-refractivity contribution in [3.05, 3.63) is 35.7 Å². The number of anilines is 1. The summed E-state index contributed by atoms with van der Waals surface area (Å²) in [6.07, 6.45) is 2.37. The Morgan fingerprint density at radius 2 is 2.23 bits per heavy atom. The number of thiophene rings is 1. The average Bonchev–Trinajstić information content (AvgIpc) is 3.32. The Hall–Kier alpha value is -2.23. The summed E-state index contributed by atoms with van der Waals surface area (Å²) < 4.78 is 24.9. The second-order valence-electron chi connectivity index (χ2n) is 6.32. The highest BCUT2D eigenvalue weighted by Gasteiger charge is 2.36. The highest BCUT2D eigenvalue weighted by atomic mass is 32.2. The second-order valence-corrected chi connectivity index (χ2v) is 9.20. The number of hydrogen-bond donors (Lipinski definition) is 2. The fourth-order valence-corrected chi connectivity index (χ4v) is 5.04. The Bertz CT molecular complexity index is 1060. The van der Waals surface area contributed by atoms with E-state index >= 15 is 0 Å². The first-order valence-corrected chi connectivity index (χ1v) is 11.0. The van der Waals surface area contributed by atoms with E-state index in [1.165, 1.54) is 4.31 Å². The summed E-state index contributed by atoms with van der Waals surface area (Å²) in [5, 5.41) is 4.82. The summed E-state index contributed by atoms with van der Waals surface area (Å²) in [4.78, 5) is 21.4. The van der Waals surface area contributed by atoms with Crippen LogP contribution < -0.4 is 5.32 Å². The lowest BCUT2D eigenvalue weighted by atomic mass is 10.2. The van der Waals surface area contributed by atoms with Crippen LogP contribution in [0.3, 0.4) is 0 Å². The molecular formula is C17H18N4O3S2. The van der Waals surface area contributed by atoms with Crippen molar-refractivity contribution in [1.29, 1.82) is 0 Å². The largest absolute Gasteiger partial charge is 0.337 e. The normalized spacial score (nSPS) is 18.4. The van der Waals surface area contributed by atoms with Gasteiger partial charge in [-0.2, -0.15) is 4.31 Å². The van der Waals surface area contributed by atoms with Crippen LogP contribution in [-0.4, -0.2) is 47.4 Å². The molecule has 1 amide bonds. The van der Waals surface area contributed by atoms with Gasteiger partial charge in [-0.3, -0.25) is 4.79 Å². The van der Waals surface area contributed by atoms with Gasteiger partial charge in [-0.25, -0.2) is 13.4 Å². The quantitative estimate of drug-likeness (QED) is 0.716. The van der Waals surface area contributed by atoms with Gasteiger partial charge in [-0.1, -0.05) is 6.07 Å². The van der Waals surface area contributed by atoms with Crippen LogP contribution in [0.15, 0.2) is 35.7 Å². The summed E-state index contributed by atoms with van der Waals surface area (Å²) in [5.74, 6) is 0.489. The van der Waals surface area contributed by atoms with Gasteiger partial charge in [0, 0.05) is 12.2 Å². The number of fused-ring (bicyclic) bond motifs is 1. The number of aromatic nitrogens is 2. The molecule has 0 bridgehead atoms. The Morgan fingerprint density at radius 3 is 2.96 bits per heavy atom. The average molecular weight is 390 g/mol. The smallest absolute Gasteiger partial charge is 0.242 e. The standard InChI is InChI=1S/C17H18N4O3S2/c1-26(23,24)21-8-2-4-14(21)17(22)18-11-6-7-12-13(10-11)20-16(19-12)15-5-3-9-25-15/h3,5-7,9-10,14H,2,4,8H2,1H3,(H,18,22)(H,19,20). The lowest BCUT2D eigenvalue weighted by Crippen LogP contribution is -2.42. The van der Waals surface area contributed by atoms with Crippen LogP contribution in [0.5, 0.6) is 0 Å². The van der Waals surface area contributed by atoms with Crippen LogP contribution in [0.1, 0.15) is 12.8 Å². The first kappa shape index (κ1) is 17.2. The molecule has 1 aliphatic rings. The highest BCUT2D eigenvalue weighted by molar-refractivity contribution is 7.88. The van der Waals surface area contributed by atoms with Crippen LogP contribution in [0, 0.1) is 0 Å². The molecule has 0 saturated carbocycles.